The molecule has 1 aliphatic rings. The predicted octanol–water partition coefficient (Wildman–Crippen LogP) is 3.13. The molecule has 0 aliphatic carbocycles. The number of nitrogens with one attached hydrogen (secondary N) is 1. The molecule has 0 aromatic carbocycles. The van der Waals surface area contributed by atoms with Gasteiger partial charge in [0.2, 0.25) is 15.0 Å². The minimum absolute atomic E-state index is 0. The van der Waals surface area contributed by atoms with Gasteiger partial charge in [-0.3, -0.25) is 9.69 Å². The number of nitrogens with zero attached hydrogens (tertiary/aromatic N) is 1. The third-order valence-corrected chi connectivity index (χ3v) is 4.07. The summed E-state index contributed by atoms with van der Waals surface area (Å²) >= 11 is 16.9. The van der Waals surface area contributed by atoms with Gasteiger partial charge in [0.1, 0.15) is 18.6 Å². The van der Waals surface area contributed by atoms with Gasteiger partial charge in [0.25, 0.3) is 0 Å². The van der Waals surface area contributed by atoms with Crippen LogP contribution in [-0.4, -0.2) is 47.6 Å². The van der Waals surface area contributed by atoms with Crippen LogP contribution < -0.4 is 15.5 Å². The van der Waals surface area contributed by atoms with E-state index in [0.29, 0.717) is 5.76 Å². The average Bonchev–Trinajstić information content (AvgIpc) is 2.58. The van der Waals surface area contributed by atoms with E-state index in [1.807, 2.05) is 0 Å². The molecule has 0 radical (unpaired) electrons. The molecule has 1 saturated heterocycles. The molecular formula is C15H20Cl4N2O5. The Morgan fingerprint density at radius 3 is 2.58 bits per heavy atom. The standard InChI is InChI=1S/C15H19Cl3N2O5.ClH/c1-23-13-8-24-11(6-12(13)21)7-20(10-2-4-19-5-3-10)14(22)25-9-15(16,17)18;/h6,8,10,19H,2-5,7,9H2,1H3;1H. The second-order valence-electron chi connectivity index (χ2n) is 5.56. The van der Waals surface area contributed by atoms with Gasteiger partial charge >= 0.3 is 6.09 Å². The van der Waals surface area contributed by atoms with E-state index in [2.05, 4.69) is 5.32 Å². The Labute approximate surface area is 172 Å². The number of carbonyl (C=O) groups excluding carboxylic acids is 1. The number of piperidine rings is 1. The number of carbonyl (C=O) groups is 1. The topological polar surface area (TPSA) is 81.0 Å². The molecule has 0 spiro atoms. The number of amides is 1. The first kappa shape index (κ1) is 23.2. The van der Waals surface area contributed by atoms with Crippen molar-refractivity contribution in [2.75, 3.05) is 26.8 Å². The molecule has 7 nitrogen and oxygen atoms in total. The molecule has 1 amide bonds. The molecule has 148 valence electrons. The molecule has 1 N–H and O–H groups in total. The normalized spacial score (nSPS) is 15.1. The Bertz CT molecular complexity index is 644. The van der Waals surface area contributed by atoms with Crippen LogP contribution in [0.25, 0.3) is 0 Å². The molecule has 0 unspecified atom stereocenters. The minimum atomic E-state index is -1.69. The van der Waals surface area contributed by atoms with Crippen LogP contribution in [0.5, 0.6) is 5.75 Å². The van der Waals surface area contributed by atoms with Crippen molar-refractivity contribution in [3.05, 3.63) is 28.3 Å². The summed E-state index contributed by atoms with van der Waals surface area (Å²) in [5, 5.41) is 3.22. The zero-order valence-corrected chi connectivity index (χ0v) is 17.1. The molecule has 0 bridgehead atoms. The number of halogens is 4. The Hall–Kier alpha value is -0.860. The van der Waals surface area contributed by atoms with E-state index in [1.54, 1.807) is 0 Å². The second-order valence-corrected chi connectivity index (χ2v) is 8.07. The molecule has 2 heterocycles. The molecule has 0 atom stereocenters. The van der Waals surface area contributed by atoms with Crippen LogP contribution in [0.3, 0.4) is 0 Å². The van der Waals surface area contributed by atoms with Gasteiger partial charge in [-0.05, 0) is 25.9 Å². The quantitative estimate of drug-likeness (QED) is 0.695. The maximum atomic E-state index is 12.5. The van der Waals surface area contributed by atoms with Crippen molar-refractivity contribution in [2.45, 2.75) is 29.2 Å². The zero-order chi connectivity index (χ0) is 18.4. The van der Waals surface area contributed by atoms with E-state index >= 15 is 0 Å². The number of ether oxygens (including phenoxy) is 2. The van der Waals surface area contributed by atoms with Crippen molar-refractivity contribution >= 4 is 53.3 Å². The van der Waals surface area contributed by atoms with Crippen LogP contribution in [0.4, 0.5) is 4.79 Å². The van der Waals surface area contributed by atoms with Crippen molar-refractivity contribution in [3.63, 3.8) is 0 Å². The van der Waals surface area contributed by atoms with Gasteiger partial charge in [0.15, 0.2) is 0 Å². The Morgan fingerprint density at radius 1 is 1.38 bits per heavy atom. The van der Waals surface area contributed by atoms with Crippen LogP contribution in [0.1, 0.15) is 18.6 Å². The summed E-state index contributed by atoms with van der Waals surface area (Å²) < 4.78 is 13.7. The lowest BCUT2D eigenvalue weighted by molar-refractivity contribution is 0.0727. The van der Waals surface area contributed by atoms with Gasteiger partial charge in [0.05, 0.1) is 13.7 Å². The lowest BCUT2D eigenvalue weighted by Crippen LogP contribution is -2.46. The predicted molar refractivity (Wildman–Crippen MR) is 102 cm³/mol. The van der Waals surface area contributed by atoms with E-state index in [9.17, 15) is 9.59 Å². The van der Waals surface area contributed by atoms with Crippen LogP contribution >= 0.6 is 47.2 Å². The van der Waals surface area contributed by atoms with Crippen molar-refractivity contribution in [1.82, 2.24) is 10.2 Å². The van der Waals surface area contributed by atoms with E-state index in [0.717, 1.165) is 25.9 Å². The van der Waals surface area contributed by atoms with Gasteiger partial charge in [-0.2, -0.15) is 0 Å². The average molecular weight is 450 g/mol. The highest BCUT2D eigenvalue weighted by atomic mass is 35.6. The molecular weight excluding hydrogens is 430 g/mol. The van der Waals surface area contributed by atoms with Crippen LogP contribution in [0.15, 0.2) is 21.5 Å². The highest BCUT2D eigenvalue weighted by Gasteiger charge is 2.30. The molecule has 0 saturated carbocycles. The fourth-order valence-electron chi connectivity index (χ4n) is 2.53. The first-order valence-corrected chi connectivity index (χ1v) is 8.80. The SMILES string of the molecule is COc1coc(CN(C(=O)OCC(Cl)(Cl)Cl)C2CCNCC2)cc1=O.Cl. The van der Waals surface area contributed by atoms with Crippen molar-refractivity contribution in [2.24, 2.45) is 0 Å². The van der Waals surface area contributed by atoms with E-state index in [4.69, 9.17) is 48.7 Å². The van der Waals surface area contributed by atoms with E-state index in [-0.39, 0.29) is 42.8 Å². The summed E-state index contributed by atoms with van der Waals surface area (Å²) in [6.45, 7) is 1.24. The molecule has 1 aromatic heterocycles. The smallest absolute Gasteiger partial charge is 0.410 e. The molecule has 26 heavy (non-hydrogen) atoms. The summed E-state index contributed by atoms with van der Waals surface area (Å²) in [5.41, 5.74) is -0.330. The Kier molecular flexibility index (Phi) is 9.33. The first-order chi connectivity index (χ1) is 11.8. The number of rotatable bonds is 5. The van der Waals surface area contributed by atoms with Crippen molar-refractivity contribution in [3.8, 4) is 5.75 Å². The summed E-state index contributed by atoms with van der Waals surface area (Å²) in [4.78, 5) is 25.8. The summed E-state index contributed by atoms with van der Waals surface area (Å²) in [7, 11) is 1.38. The third kappa shape index (κ3) is 7.04. The largest absolute Gasteiger partial charge is 0.490 e. The van der Waals surface area contributed by atoms with Gasteiger partial charge in [-0.1, -0.05) is 34.8 Å². The minimum Gasteiger partial charge on any atom is -0.490 e. The van der Waals surface area contributed by atoms with Gasteiger partial charge in [0, 0.05) is 12.1 Å². The second kappa shape index (κ2) is 10.5. The lowest BCUT2D eigenvalue weighted by Gasteiger charge is -2.33. The first-order valence-electron chi connectivity index (χ1n) is 7.66. The maximum absolute atomic E-state index is 12.5. The van der Waals surface area contributed by atoms with E-state index in [1.165, 1.54) is 24.3 Å². The fraction of sp³-hybridized carbons (Fsp3) is 0.600. The third-order valence-electron chi connectivity index (χ3n) is 3.74. The van der Waals surface area contributed by atoms with Crippen molar-refractivity contribution < 1.29 is 18.7 Å². The lowest BCUT2D eigenvalue weighted by atomic mass is 10.1. The summed E-state index contributed by atoms with van der Waals surface area (Å²) in [6, 6.07) is 1.21. The van der Waals surface area contributed by atoms with Gasteiger partial charge in [-0.25, -0.2) is 4.79 Å². The maximum Gasteiger partial charge on any atom is 0.410 e. The highest BCUT2D eigenvalue weighted by molar-refractivity contribution is 6.67. The Morgan fingerprint density at radius 2 is 2.04 bits per heavy atom. The van der Waals surface area contributed by atoms with Crippen LogP contribution in [0.2, 0.25) is 0 Å². The zero-order valence-electron chi connectivity index (χ0n) is 14.0. The summed E-state index contributed by atoms with van der Waals surface area (Å²) in [5.74, 6) is 0.408. The number of hydrogen-bond acceptors (Lipinski definition) is 6. The molecule has 1 aliphatic heterocycles. The van der Waals surface area contributed by atoms with E-state index < -0.39 is 9.89 Å². The monoisotopic (exact) mass is 448 g/mol. The fourth-order valence-corrected chi connectivity index (χ4v) is 2.69. The Balaban J connectivity index is 0.00000338. The van der Waals surface area contributed by atoms with Crippen LogP contribution in [0, 0.1) is 0 Å². The number of hydrogen-bond donors (Lipinski definition) is 1. The molecule has 11 heteroatoms. The number of methoxy groups -OCH3 is 1. The van der Waals surface area contributed by atoms with Crippen LogP contribution in [-0.2, 0) is 11.3 Å². The molecule has 1 aromatic rings. The number of alkyl halides is 3. The van der Waals surface area contributed by atoms with Crippen molar-refractivity contribution in [1.29, 1.82) is 0 Å². The molecule has 2 rings (SSSR count). The molecule has 1 fully saturated rings. The van der Waals surface area contributed by atoms with Gasteiger partial charge in [-0.15, -0.1) is 12.4 Å². The van der Waals surface area contributed by atoms with Gasteiger partial charge < -0.3 is 19.2 Å². The summed E-state index contributed by atoms with van der Waals surface area (Å²) in [6.07, 6.45) is 2.06. The highest BCUT2D eigenvalue weighted by Crippen LogP contribution is 2.27.